The van der Waals surface area contributed by atoms with Gasteiger partial charge in [-0.15, -0.1) is 0 Å². The molecule has 0 aliphatic carbocycles. The van der Waals surface area contributed by atoms with E-state index < -0.39 is 29.0 Å². The van der Waals surface area contributed by atoms with Gasteiger partial charge in [-0.1, -0.05) is 6.92 Å². The smallest absolute Gasteiger partial charge is 0.336 e. The zero-order valence-corrected chi connectivity index (χ0v) is 11.7. The van der Waals surface area contributed by atoms with Crippen molar-refractivity contribution in [2.45, 2.75) is 44.8 Å². The van der Waals surface area contributed by atoms with Crippen molar-refractivity contribution in [1.82, 2.24) is 4.90 Å². The van der Waals surface area contributed by atoms with Gasteiger partial charge in [0.1, 0.15) is 5.82 Å². The number of amides is 1. The fourth-order valence-corrected chi connectivity index (χ4v) is 2.71. The second-order valence-electron chi connectivity index (χ2n) is 5.25. The van der Waals surface area contributed by atoms with E-state index in [1.54, 1.807) is 0 Å². The van der Waals surface area contributed by atoms with Crippen LogP contribution in [0.15, 0.2) is 18.2 Å². The van der Waals surface area contributed by atoms with Gasteiger partial charge in [-0.25, -0.2) is 4.39 Å². The Balaban J connectivity index is 2.33. The van der Waals surface area contributed by atoms with Crippen LogP contribution in [0.5, 0.6) is 0 Å². The molecular weight excluding hydrogens is 286 g/mol. The summed E-state index contributed by atoms with van der Waals surface area (Å²) in [5, 5.41) is 0. The second-order valence-corrected chi connectivity index (χ2v) is 5.25. The molecule has 1 aliphatic rings. The minimum absolute atomic E-state index is 0.0276. The van der Waals surface area contributed by atoms with Crippen LogP contribution in [-0.2, 0) is 6.18 Å². The lowest BCUT2D eigenvalue weighted by Crippen LogP contribution is -2.43. The third-order valence-corrected chi connectivity index (χ3v) is 3.88. The van der Waals surface area contributed by atoms with E-state index in [2.05, 4.69) is 0 Å². The van der Waals surface area contributed by atoms with Crippen LogP contribution < -0.4 is 0 Å². The Morgan fingerprint density at radius 1 is 1.33 bits per heavy atom. The summed E-state index contributed by atoms with van der Waals surface area (Å²) in [5.41, 5.74) is -1.50. The van der Waals surface area contributed by atoms with E-state index in [1.165, 1.54) is 4.90 Å². The average molecular weight is 303 g/mol. The Morgan fingerprint density at radius 3 is 2.67 bits per heavy atom. The molecule has 0 bridgehead atoms. The van der Waals surface area contributed by atoms with Crippen molar-refractivity contribution < 1.29 is 22.4 Å². The molecule has 0 spiro atoms. The van der Waals surface area contributed by atoms with Gasteiger partial charge >= 0.3 is 6.18 Å². The van der Waals surface area contributed by atoms with Crippen LogP contribution >= 0.6 is 0 Å². The molecule has 1 aromatic carbocycles. The fraction of sp³-hybridized carbons (Fsp3) is 0.533. The standard InChI is InChI=1S/C15H17F4NO/c1-2-11-5-3-4-8-20(11)14(21)12-9-10(15(17,18)19)6-7-13(12)16/h6-7,9,11H,2-5,8H2,1H3. The molecular formula is C15H17F4NO. The predicted molar refractivity (Wildman–Crippen MR) is 70.4 cm³/mol. The minimum Gasteiger partial charge on any atom is -0.336 e. The Labute approximate surface area is 120 Å². The Kier molecular flexibility index (Phi) is 4.54. The van der Waals surface area contributed by atoms with Crippen LogP contribution in [0.3, 0.4) is 0 Å². The molecule has 1 atom stereocenters. The maximum Gasteiger partial charge on any atom is 0.416 e. The highest BCUT2D eigenvalue weighted by molar-refractivity contribution is 5.95. The number of halogens is 4. The molecule has 2 rings (SSSR count). The lowest BCUT2D eigenvalue weighted by Gasteiger charge is -2.35. The first-order chi connectivity index (χ1) is 9.84. The van der Waals surface area contributed by atoms with Gasteiger partial charge in [-0.2, -0.15) is 13.2 Å². The van der Waals surface area contributed by atoms with Crippen LogP contribution in [-0.4, -0.2) is 23.4 Å². The van der Waals surface area contributed by atoms with E-state index in [-0.39, 0.29) is 6.04 Å². The molecule has 0 radical (unpaired) electrons. The van der Waals surface area contributed by atoms with E-state index in [4.69, 9.17) is 0 Å². The zero-order valence-electron chi connectivity index (χ0n) is 11.7. The molecule has 1 saturated heterocycles. The third-order valence-electron chi connectivity index (χ3n) is 3.88. The summed E-state index contributed by atoms with van der Waals surface area (Å²) in [6.45, 7) is 2.38. The molecule has 0 saturated carbocycles. The number of carbonyl (C=O) groups is 1. The Morgan fingerprint density at radius 2 is 2.05 bits per heavy atom. The van der Waals surface area contributed by atoms with Crippen molar-refractivity contribution in [1.29, 1.82) is 0 Å². The summed E-state index contributed by atoms with van der Waals surface area (Å²) in [6, 6.07) is 1.94. The van der Waals surface area contributed by atoms with E-state index in [0.29, 0.717) is 31.2 Å². The Bertz CT molecular complexity index is 527. The molecule has 116 valence electrons. The van der Waals surface area contributed by atoms with E-state index >= 15 is 0 Å². The van der Waals surface area contributed by atoms with Crippen molar-refractivity contribution in [2.75, 3.05) is 6.54 Å². The first-order valence-electron chi connectivity index (χ1n) is 7.02. The molecule has 1 fully saturated rings. The first-order valence-corrected chi connectivity index (χ1v) is 7.02. The number of carbonyl (C=O) groups excluding carboxylic acids is 1. The van der Waals surface area contributed by atoms with Gasteiger partial charge in [-0.05, 0) is 43.9 Å². The van der Waals surface area contributed by atoms with Crippen LogP contribution in [0.25, 0.3) is 0 Å². The van der Waals surface area contributed by atoms with Crippen molar-refractivity contribution in [3.63, 3.8) is 0 Å². The third kappa shape index (κ3) is 3.36. The SMILES string of the molecule is CCC1CCCCN1C(=O)c1cc(C(F)(F)F)ccc1F. The quantitative estimate of drug-likeness (QED) is 0.748. The number of rotatable bonds is 2. The largest absolute Gasteiger partial charge is 0.416 e. The molecule has 0 aromatic heterocycles. The van der Waals surface area contributed by atoms with Crippen molar-refractivity contribution in [3.8, 4) is 0 Å². The van der Waals surface area contributed by atoms with E-state index in [1.807, 2.05) is 6.92 Å². The second kappa shape index (κ2) is 6.03. The number of benzene rings is 1. The summed E-state index contributed by atoms with van der Waals surface area (Å²) >= 11 is 0. The number of hydrogen-bond acceptors (Lipinski definition) is 1. The van der Waals surface area contributed by atoms with Gasteiger partial charge in [0.25, 0.3) is 5.91 Å². The van der Waals surface area contributed by atoms with Crippen LogP contribution in [0, 0.1) is 5.82 Å². The Hall–Kier alpha value is -1.59. The van der Waals surface area contributed by atoms with Gasteiger partial charge in [0.15, 0.2) is 0 Å². The van der Waals surface area contributed by atoms with Gasteiger partial charge in [0.2, 0.25) is 0 Å². The van der Waals surface area contributed by atoms with Crippen LogP contribution in [0.4, 0.5) is 17.6 Å². The van der Waals surface area contributed by atoms with Crippen molar-refractivity contribution in [2.24, 2.45) is 0 Å². The zero-order chi connectivity index (χ0) is 15.6. The molecule has 21 heavy (non-hydrogen) atoms. The van der Waals surface area contributed by atoms with Crippen LogP contribution in [0.1, 0.15) is 48.5 Å². The van der Waals surface area contributed by atoms with Gasteiger partial charge in [0, 0.05) is 12.6 Å². The number of nitrogens with zero attached hydrogens (tertiary/aromatic N) is 1. The number of alkyl halides is 3. The van der Waals surface area contributed by atoms with Crippen LogP contribution in [0.2, 0.25) is 0 Å². The first kappa shape index (κ1) is 15.8. The van der Waals surface area contributed by atoms with E-state index in [0.717, 1.165) is 19.3 Å². The number of piperidine rings is 1. The number of hydrogen-bond donors (Lipinski definition) is 0. The lowest BCUT2D eigenvalue weighted by molar-refractivity contribution is -0.137. The highest BCUT2D eigenvalue weighted by Crippen LogP contribution is 2.31. The van der Waals surface area contributed by atoms with E-state index in [9.17, 15) is 22.4 Å². The van der Waals surface area contributed by atoms with Crippen molar-refractivity contribution >= 4 is 5.91 Å². The molecule has 2 nitrogen and oxygen atoms in total. The lowest BCUT2D eigenvalue weighted by atomic mass is 9.98. The molecule has 1 heterocycles. The summed E-state index contributed by atoms with van der Waals surface area (Å²) in [6.07, 6.45) is -1.29. The van der Waals surface area contributed by atoms with Gasteiger partial charge < -0.3 is 4.90 Å². The normalized spacial score (nSPS) is 19.7. The maximum absolute atomic E-state index is 13.8. The minimum atomic E-state index is -4.59. The number of likely N-dealkylation sites (tertiary alicyclic amines) is 1. The van der Waals surface area contributed by atoms with Crippen molar-refractivity contribution in [3.05, 3.63) is 35.1 Å². The summed E-state index contributed by atoms with van der Waals surface area (Å²) in [7, 11) is 0. The summed E-state index contributed by atoms with van der Waals surface area (Å²) < 4.78 is 51.9. The molecule has 1 aromatic rings. The highest BCUT2D eigenvalue weighted by Gasteiger charge is 2.33. The average Bonchev–Trinajstić information content (AvgIpc) is 2.45. The highest BCUT2D eigenvalue weighted by atomic mass is 19.4. The topological polar surface area (TPSA) is 20.3 Å². The summed E-state index contributed by atoms with van der Waals surface area (Å²) in [4.78, 5) is 13.9. The molecule has 6 heteroatoms. The van der Waals surface area contributed by atoms with Gasteiger partial charge in [-0.3, -0.25) is 4.79 Å². The molecule has 1 aliphatic heterocycles. The van der Waals surface area contributed by atoms with Gasteiger partial charge in [0.05, 0.1) is 11.1 Å². The summed E-state index contributed by atoms with van der Waals surface area (Å²) in [5.74, 6) is -1.56. The predicted octanol–water partition coefficient (Wildman–Crippen LogP) is 4.25. The molecule has 1 unspecified atom stereocenters. The monoisotopic (exact) mass is 303 g/mol. The molecule has 1 amide bonds. The molecule has 0 N–H and O–H groups in total. The fourth-order valence-electron chi connectivity index (χ4n) is 2.71. The maximum atomic E-state index is 13.8.